The van der Waals surface area contributed by atoms with E-state index in [0.29, 0.717) is 51.9 Å². The number of benzene rings is 4. The molecular weight excluding hydrogens is 889 g/mol. The number of rotatable bonds is 12. The monoisotopic (exact) mass is 948 g/mol. The number of likely N-dealkylation sites (N-methyl/N-ethyl adjacent to an activating group) is 2. The first kappa shape index (κ1) is 52.6. The highest BCUT2D eigenvalue weighted by Gasteiger charge is 2.38. The Labute approximate surface area is 397 Å². The summed E-state index contributed by atoms with van der Waals surface area (Å²) < 4.78 is 83.3. The molecule has 0 aliphatic heterocycles. The largest absolute Gasteiger partial charge is 0.297 e. The predicted molar refractivity (Wildman–Crippen MR) is 262 cm³/mol. The Balaban J connectivity index is 0.000000169. The number of nitrogens with one attached hydrogen (secondary N) is 2. The van der Waals surface area contributed by atoms with Crippen LogP contribution in [0.4, 0.5) is 8.78 Å². The van der Waals surface area contributed by atoms with E-state index in [4.69, 9.17) is 34.1 Å². The van der Waals surface area contributed by atoms with Gasteiger partial charge in [-0.2, -0.15) is 16.8 Å². The van der Waals surface area contributed by atoms with E-state index < -0.39 is 44.8 Å². The number of alkyl halides is 2. The first-order valence-electron chi connectivity index (χ1n) is 22.0. The van der Waals surface area contributed by atoms with Crippen LogP contribution in [0.2, 0.25) is 0 Å². The third kappa shape index (κ3) is 14.6. The summed E-state index contributed by atoms with van der Waals surface area (Å²) in [7, 11) is -3.20. The lowest BCUT2D eigenvalue weighted by Gasteiger charge is -2.37. The second-order valence-corrected chi connectivity index (χ2v) is 20.1. The summed E-state index contributed by atoms with van der Waals surface area (Å²) in [6, 6.07) is 30.8. The van der Waals surface area contributed by atoms with Crippen LogP contribution in [0.3, 0.4) is 0 Å². The van der Waals surface area contributed by atoms with E-state index in [9.17, 15) is 25.6 Å². The molecule has 0 fully saturated rings. The first-order chi connectivity index (χ1) is 32.0. The third-order valence-corrected chi connectivity index (χ3v) is 13.2. The van der Waals surface area contributed by atoms with Gasteiger partial charge in [0.05, 0.1) is 69.0 Å². The van der Waals surface area contributed by atoms with Gasteiger partial charge in [-0.05, 0) is 71.4 Å². The van der Waals surface area contributed by atoms with Crippen molar-refractivity contribution in [2.75, 3.05) is 52.8 Å². The fourth-order valence-corrected chi connectivity index (χ4v) is 10.6. The van der Waals surface area contributed by atoms with Gasteiger partial charge in [-0.1, -0.05) is 121 Å². The van der Waals surface area contributed by atoms with E-state index in [1.54, 1.807) is 0 Å². The maximum absolute atomic E-state index is 13.6. The molecule has 0 bridgehead atoms. The number of terminal acetylenes is 4. The van der Waals surface area contributed by atoms with Crippen LogP contribution in [0.1, 0.15) is 75.1 Å². The van der Waals surface area contributed by atoms with Crippen LogP contribution < -0.4 is 10.6 Å². The van der Waals surface area contributed by atoms with E-state index in [2.05, 4.69) is 40.4 Å². The molecule has 0 saturated carbocycles. The Morgan fingerprint density at radius 3 is 1.33 bits per heavy atom. The second-order valence-electron chi connectivity index (χ2n) is 16.9. The fourth-order valence-electron chi connectivity index (χ4n) is 9.31. The quantitative estimate of drug-likeness (QED) is 0.121. The zero-order valence-corrected chi connectivity index (χ0v) is 40.1. The molecule has 0 spiro atoms. The van der Waals surface area contributed by atoms with Crippen molar-refractivity contribution >= 4 is 20.2 Å². The van der Waals surface area contributed by atoms with Crippen molar-refractivity contribution in [3.8, 4) is 49.4 Å². The molecule has 4 aliphatic carbocycles. The van der Waals surface area contributed by atoms with Crippen molar-refractivity contribution in [3.05, 3.63) is 142 Å². The van der Waals surface area contributed by atoms with E-state index in [-0.39, 0.29) is 24.2 Å². The summed E-state index contributed by atoms with van der Waals surface area (Å²) in [5.74, 6) is 10.1. The van der Waals surface area contributed by atoms with Crippen LogP contribution in [-0.2, 0) is 54.3 Å². The van der Waals surface area contributed by atoms with E-state index >= 15 is 0 Å². The average molecular weight is 949 g/mol. The number of fused-ring (bicyclic) bond motifs is 4. The van der Waals surface area contributed by atoms with Gasteiger partial charge in [0.15, 0.2) is 0 Å². The summed E-state index contributed by atoms with van der Waals surface area (Å²) in [6.45, 7) is 1.73. The Morgan fingerprint density at radius 2 is 0.910 bits per heavy atom. The summed E-state index contributed by atoms with van der Waals surface area (Å²) in [4.78, 5) is 3.91. The van der Waals surface area contributed by atoms with E-state index in [0.717, 1.165) is 57.9 Å². The highest BCUT2D eigenvalue weighted by Crippen LogP contribution is 2.39. The van der Waals surface area contributed by atoms with Gasteiger partial charge in [0, 0.05) is 19.3 Å². The summed E-state index contributed by atoms with van der Waals surface area (Å²) in [5.41, 5.74) is 8.83. The van der Waals surface area contributed by atoms with Crippen molar-refractivity contribution in [3.63, 3.8) is 0 Å². The molecule has 354 valence electrons. The molecule has 4 aliphatic rings. The minimum absolute atomic E-state index is 0.123. The summed E-state index contributed by atoms with van der Waals surface area (Å²) >= 11 is 0. The van der Waals surface area contributed by atoms with Gasteiger partial charge in [0.25, 0.3) is 20.2 Å². The van der Waals surface area contributed by atoms with E-state index in [1.165, 1.54) is 5.56 Å². The van der Waals surface area contributed by atoms with Gasteiger partial charge in [0.1, 0.15) is 18.4 Å². The minimum Gasteiger partial charge on any atom is -0.297 e. The number of nitrogens with zero attached hydrogens (tertiary/aromatic N) is 2. The second kappa shape index (κ2) is 24.6. The number of halogens is 2. The molecule has 4 unspecified atom stereocenters. The molecule has 8 atom stereocenters. The van der Waals surface area contributed by atoms with Gasteiger partial charge in [-0.25, -0.2) is 8.78 Å². The molecule has 2 N–H and O–H groups in total. The normalized spacial score (nSPS) is 23.1. The van der Waals surface area contributed by atoms with Gasteiger partial charge < -0.3 is 0 Å². The van der Waals surface area contributed by atoms with Crippen molar-refractivity contribution in [1.29, 1.82) is 0 Å². The van der Waals surface area contributed by atoms with Crippen molar-refractivity contribution in [2.45, 2.75) is 80.8 Å². The van der Waals surface area contributed by atoms with Crippen LogP contribution in [0.25, 0.3) is 0 Å². The van der Waals surface area contributed by atoms with Gasteiger partial charge in [0.2, 0.25) is 0 Å². The average Bonchev–Trinajstić information content (AvgIpc) is 3.92. The van der Waals surface area contributed by atoms with Crippen molar-refractivity contribution in [2.24, 2.45) is 0 Å². The highest BCUT2D eigenvalue weighted by atomic mass is 32.2. The summed E-state index contributed by atoms with van der Waals surface area (Å²) in [6.07, 6.45) is 23.7. The first-order valence-corrected chi connectivity index (χ1v) is 25.6. The molecule has 0 saturated heterocycles. The number of hydrogen-bond acceptors (Lipinski definition) is 10. The van der Waals surface area contributed by atoms with Crippen LogP contribution in [-0.4, -0.2) is 104 Å². The molecule has 0 radical (unpaired) electrons. The van der Waals surface area contributed by atoms with Gasteiger partial charge in [-0.15, -0.1) is 25.7 Å². The van der Waals surface area contributed by atoms with Crippen molar-refractivity contribution < 1.29 is 34.0 Å². The number of hydrogen-bond donors (Lipinski definition) is 2. The van der Waals surface area contributed by atoms with E-state index in [1.807, 2.05) is 115 Å². The standard InChI is InChI=1S/C15H19NO3S.C14H17NO3S.2C12H12FN/c1-4-11-16(2)15-13-8-6-5-7-12(13)9-10-14(15)19-20(3,17)18;1-4-9-15(2)14-12-8-6-5-7-11(12)10-13(14)18-19(3,16)17;2*1-2-7-14-12-10-6-4-3-5-9(10)8-11(12)13/h1,5-8,14-15H,9-11H2,2-3H3;1,5-8,13-14H,9-10H2,2-3H3;2*1,3-6,11-12,14H,7-8H2/t;;11-,12+;11-,12-/m..10/s1/i;;2*13-1. The highest BCUT2D eigenvalue weighted by molar-refractivity contribution is 7.86. The lowest BCUT2D eigenvalue weighted by Crippen LogP contribution is -2.40. The summed E-state index contributed by atoms with van der Waals surface area (Å²) in [5, 5.41) is 6.05. The SMILES string of the molecule is C#CCN(C)C1c2ccccc2CC1OS(C)(=O)=O.C#CCN(C)C1c2ccccc2CCC1OS(C)(=O)=O.C#CCN[C@H]1c2ccccc2C[C@@H]1[18F].C#CCN[C@H]1c2ccccc2C[C@H]1[18F]. The Morgan fingerprint density at radius 1 is 0.552 bits per heavy atom. The Bertz CT molecular complexity index is 2620. The molecule has 0 aromatic heterocycles. The molecule has 67 heavy (non-hydrogen) atoms. The van der Waals surface area contributed by atoms with Crippen LogP contribution in [0.5, 0.6) is 0 Å². The molecular formula is C53H60F2N4O6S2. The smallest absolute Gasteiger partial charge is 0.264 e. The molecule has 0 amide bonds. The zero-order chi connectivity index (χ0) is 48.7. The molecule has 4 aromatic carbocycles. The molecule has 4 aromatic rings. The van der Waals surface area contributed by atoms with Crippen LogP contribution in [0.15, 0.2) is 97.1 Å². The molecule has 14 heteroatoms. The molecule has 10 nitrogen and oxygen atoms in total. The predicted octanol–water partition coefficient (Wildman–Crippen LogP) is 6.47. The van der Waals surface area contributed by atoms with Crippen molar-refractivity contribution in [1.82, 2.24) is 20.4 Å². The zero-order valence-electron chi connectivity index (χ0n) is 38.4. The third-order valence-electron chi connectivity index (χ3n) is 12.0. The van der Waals surface area contributed by atoms with Crippen LogP contribution in [0, 0.1) is 49.4 Å². The van der Waals surface area contributed by atoms with Crippen LogP contribution >= 0.6 is 0 Å². The number of aryl methyl sites for hydroxylation is 1. The molecule has 8 rings (SSSR count). The van der Waals surface area contributed by atoms with Gasteiger partial charge >= 0.3 is 0 Å². The Hall–Kier alpha value is -5.36. The Kier molecular flexibility index (Phi) is 19.3. The fraction of sp³-hybridized carbons (Fsp3) is 0.396. The topological polar surface area (TPSA) is 117 Å². The van der Waals surface area contributed by atoms with Gasteiger partial charge in [-0.3, -0.25) is 28.8 Å². The lowest BCUT2D eigenvalue weighted by molar-refractivity contribution is 0.0811. The minimum atomic E-state index is -3.49. The maximum Gasteiger partial charge on any atom is 0.264 e. The molecule has 0 heterocycles. The lowest BCUT2D eigenvalue weighted by atomic mass is 9.85. The maximum atomic E-state index is 13.6.